The zero-order chi connectivity index (χ0) is 25.4. The van der Waals surface area contributed by atoms with Gasteiger partial charge in [-0.05, 0) is 37.5 Å². The van der Waals surface area contributed by atoms with Crippen LogP contribution in [0.2, 0.25) is 15.1 Å². The van der Waals surface area contributed by atoms with E-state index in [1.807, 2.05) is 6.26 Å². The van der Waals surface area contributed by atoms with E-state index in [0.29, 0.717) is 5.75 Å². The zero-order valence-electron chi connectivity index (χ0n) is 17.8. The summed E-state index contributed by atoms with van der Waals surface area (Å²) in [7, 11) is 0. The van der Waals surface area contributed by atoms with Crippen molar-refractivity contribution in [2.45, 2.75) is 25.5 Å². The highest BCUT2D eigenvalue weighted by atomic mass is 35.5. The lowest BCUT2D eigenvalue weighted by Crippen LogP contribution is -2.44. The molecule has 1 aromatic carbocycles. The maximum atomic E-state index is 12.7. The number of hydrogen-bond donors (Lipinski definition) is 2. The summed E-state index contributed by atoms with van der Waals surface area (Å²) in [5.41, 5.74) is -0.335. The van der Waals surface area contributed by atoms with Gasteiger partial charge in [-0.15, -0.1) is 0 Å². The van der Waals surface area contributed by atoms with Crippen LogP contribution in [0.5, 0.6) is 0 Å². The number of esters is 1. The standard InChI is InChI=1S/C20H19Cl3N4O6S/c1-10(18(28)26-17-15(23)7-11(21)9-24-17)33-20(30)16(5-6-34-2)25-19(29)13-4-3-12(27(31)32)8-14(13)22/h3-4,7-10,16H,5-6H2,1-2H3,(H,25,29)(H,24,26,28)/t10-,16+/m0/s1. The Hall–Kier alpha value is -2.60. The molecule has 0 fully saturated rings. The lowest BCUT2D eigenvalue weighted by Gasteiger charge is -2.20. The quantitative estimate of drug-likeness (QED) is 0.253. The van der Waals surface area contributed by atoms with Crippen LogP contribution in [0.4, 0.5) is 11.5 Å². The van der Waals surface area contributed by atoms with Crippen molar-refractivity contribution in [3.05, 3.63) is 61.2 Å². The van der Waals surface area contributed by atoms with Crippen LogP contribution in [0, 0.1) is 10.1 Å². The molecule has 0 radical (unpaired) electrons. The number of ether oxygens (including phenoxy) is 1. The number of nitro benzene ring substituents is 1. The summed E-state index contributed by atoms with van der Waals surface area (Å²) >= 11 is 19.2. The Labute approximate surface area is 213 Å². The molecule has 2 atom stereocenters. The number of rotatable bonds is 10. The van der Waals surface area contributed by atoms with Crippen LogP contribution in [0.15, 0.2) is 30.5 Å². The second-order valence-corrected chi connectivity index (χ2v) is 9.02. The highest BCUT2D eigenvalue weighted by Gasteiger charge is 2.28. The predicted molar refractivity (Wildman–Crippen MR) is 131 cm³/mol. The second-order valence-electron chi connectivity index (χ2n) is 6.78. The largest absolute Gasteiger partial charge is 0.451 e. The first-order valence-electron chi connectivity index (χ1n) is 9.59. The molecular formula is C20H19Cl3N4O6S. The van der Waals surface area contributed by atoms with E-state index in [0.717, 1.165) is 12.1 Å². The van der Waals surface area contributed by atoms with Crippen molar-refractivity contribution in [2.24, 2.45) is 0 Å². The van der Waals surface area contributed by atoms with Gasteiger partial charge in [-0.2, -0.15) is 11.8 Å². The number of halogens is 3. The molecule has 0 saturated carbocycles. The van der Waals surface area contributed by atoms with Crippen LogP contribution in [-0.2, 0) is 14.3 Å². The van der Waals surface area contributed by atoms with Gasteiger partial charge in [0.2, 0.25) is 0 Å². The predicted octanol–water partition coefficient (Wildman–Crippen LogP) is 4.37. The number of pyridine rings is 1. The summed E-state index contributed by atoms with van der Waals surface area (Å²) in [5.74, 6) is -1.73. The Balaban J connectivity index is 2.08. The molecule has 1 aromatic heterocycles. The summed E-state index contributed by atoms with van der Waals surface area (Å²) in [4.78, 5) is 51.9. The number of benzene rings is 1. The van der Waals surface area contributed by atoms with Crippen molar-refractivity contribution < 1.29 is 24.0 Å². The van der Waals surface area contributed by atoms with Gasteiger partial charge in [0.05, 0.1) is 25.6 Å². The zero-order valence-corrected chi connectivity index (χ0v) is 20.9. The molecule has 0 bridgehead atoms. The molecule has 10 nitrogen and oxygen atoms in total. The molecule has 182 valence electrons. The van der Waals surface area contributed by atoms with Crippen molar-refractivity contribution in [2.75, 3.05) is 17.3 Å². The van der Waals surface area contributed by atoms with Gasteiger partial charge in [-0.25, -0.2) is 9.78 Å². The molecule has 0 aliphatic rings. The summed E-state index contributed by atoms with van der Waals surface area (Å²) in [6.07, 6.45) is 2.07. The molecular weight excluding hydrogens is 531 g/mol. The lowest BCUT2D eigenvalue weighted by molar-refractivity contribution is -0.384. The summed E-state index contributed by atoms with van der Waals surface area (Å²) in [5, 5.41) is 16.0. The molecule has 0 aliphatic carbocycles. The number of aromatic nitrogens is 1. The smallest absolute Gasteiger partial charge is 0.329 e. The minimum absolute atomic E-state index is 0.0408. The van der Waals surface area contributed by atoms with E-state index < -0.39 is 34.9 Å². The van der Waals surface area contributed by atoms with Crippen molar-refractivity contribution in [3.8, 4) is 0 Å². The number of nitrogens with zero attached hydrogens (tertiary/aromatic N) is 2. The molecule has 0 aliphatic heterocycles. The Morgan fingerprint density at radius 1 is 1.21 bits per heavy atom. The van der Waals surface area contributed by atoms with Gasteiger partial charge in [0.1, 0.15) is 6.04 Å². The molecule has 2 aromatic rings. The fourth-order valence-electron chi connectivity index (χ4n) is 2.56. The first kappa shape index (κ1) is 27.6. The lowest BCUT2D eigenvalue weighted by atomic mass is 10.1. The van der Waals surface area contributed by atoms with Crippen LogP contribution >= 0.6 is 46.6 Å². The van der Waals surface area contributed by atoms with Crippen molar-refractivity contribution in [3.63, 3.8) is 0 Å². The SMILES string of the molecule is CSCC[C@@H](NC(=O)c1ccc([N+](=O)[O-])cc1Cl)C(=O)O[C@@H](C)C(=O)Nc1ncc(Cl)cc1Cl. The third-order valence-electron chi connectivity index (χ3n) is 4.32. The van der Waals surface area contributed by atoms with Gasteiger partial charge in [0.15, 0.2) is 11.9 Å². The first-order valence-corrected chi connectivity index (χ1v) is 12.1. The monoisotopic (exact) mass is 548 g/mol. The number of hydrogen-bond acceptors (Lipinski definition) is 8. The third kappa shape index (κ3) is 7.73. The minimum atomic E-state index is -1.24. The van der Waals surface area contributed by atoms with E-state index in [1.165, 1.54) is 37.0 Å². The molecule has 0 saturated heterocycles. The summed E-state index contributed by atoms with van der Waals surface area (Å²) < 4.78 is 5.23. The van der Waals surface area contributed by atoms with E-state index in [1.54, 1.807) is 0 Å². The number of nitro groups is 1. The molecule has 14 heteroatoms. The third-order valence-corrected chi connectivity index (χ3v) is 5.77. The Morgan fingerprint density at radius 2 is 1.91 bits per heavy atom. The van der Waals surface area contributed by atoms with Crippen LogP contribution in [-0.4, -0.2) is 51.8 Å². The van der Waals surface area contributed by atoms with Gasteiger partial charge in [0.25, 0.3) is 17.5 Å². The minimum Gasteiger partial charge on any atom is -0.451 e. The maximum absolute atomic E-state index is 12.7. The fourth-order valence-corrected chi connectivity index (χ4v) is 3.72. The summed E-state index contributed by atoms with van der Waals surface area (Å²) in [6, 6.07) is 3.64. The first-order chi connectivity index (χ1) is 16.0. The van der Waals surface area contributed by atoms with Crippen molar-refractivity contribution in [1.82, 2.24) is 10.3 Å². The normalized spacial score (nSPS) is 12.4. The highest BCUT2D eigenvalue weighted by Crippen LogP contribution is 2.24. The van der Waals surface area contributed by atoms with E-state index in [2.05, 4.69) is 15.6 Å². The number of thioether (sulfide) groups is 1. The number of non-ortho nitro benzene ring substituents is 1. The molecule has 2 rings (SSSR count). The molecule has 0 spiro atoms. The molecule has 34 heavy (non-hydrogen) atoms. The average Bonchev–Trinajstić information content (AvgIpc) is 2.77. The van der Waals surface area contributed by atoms with E-state index in [4.69, 9.17) is 39.5 Å². The van der Waals surface area contributed by atoms with Crippen LogP contribution < -0.4 is 10.6 Å². The van der Waals surface area contributed by atoms with Gasteiger partial charge in [-0.3, -0.25) is 19.7 Å². The molecule has 1 heterocycles. The Morgan fingerprint density at radius 3 is 2.50 bits per heavy atom. The summed E-state index contributed by atoms with van der Waals surface area (Å²) in [6.45, 7) is 1.34. The molecule has 2 amide bonds. The van der Waals surface area contributed by atoms with Gasteiger partial charge >= 0.3 is 5.97 Å². The molecule has 0 unspecified atom stereocenters. The average molecular weight is 550 g/mol. The topological polar surface area (TPSA) is 141 Å². The van der Waals surface area contributed by atoms with Crippen LogP contribution in [0.1, 0.15) is 23.7 Å². The van der Waals surface area contributed by atoms with Crippen molar-refractivity contribution in [1.29, 1.82) is 0 Å². The fraction of sp³-hybridized carbons (Fsp3) is 0.300. The van der Waals surface area contributed by atoms with E-state index in [-0.39, 0.29) is 38.6 Å². The van der Waals surface area contributed by atoms with Crippen molar-refractivity contribution >= 4 is 75.9 Å². The number of carbonyl (C=O) groups excluding carboxylic acids is 3. The number of amides is 2. The van der Waals surface area contributed by atoms with Crippen LogP contribution in [0.25, 0.3) is 0 Å². The number of carbonyl (C=O) groups is 3. The number of nitrogens with one attached hydrogen (secondary N) is 2. The van der Waals surface area contributed by atoms with E-state index in [9.17, 15) is 24.5 Å². The van der Waals surface area contributed by atoms with E-state index >= 15 is 0 Å². The maximum Gasteiger partial charge on any atom is 0.329 e. The Kier molecular flexibility index (Phi) is 10.4. The second kappa shape index (κ2) is 12.7. The highest BCUT2D eigenvalue weighted by molar-refractivity contribution is 7.98. The van der Waals surface area contributed by atoms with Gasteiger partial charge in [0, 0.05) is 18.3 Å². The number of anilines is 1. The van der Waals surface area contributed by atoms with Crippen LogP contribution in [0.3, 0.4) is 0 Å². The Bertz CT molecular complexity index is 1100. The molecule has 2 N–H and O–H groups in total. The van der Waals surface area contributed by atoms with Gasteiger partial charge in [-0.1, -0.05) is 34.8 Å². The van der Waals surface area contributed by atoms with Gasteiger partial charge < -0.3 is 15.4 Å².